The second-order valence-corrected chi connectivity index (χ2v) is 2.37. The summed E-state index contributed by atoms with van der Waals surface area (Å²) in [5.41, 5.74) is 8.02. The lowest BCUT2D eigenvalue weighted by Gasteiger charge is -2.11. The summed E-state index contributed by atoms with van der Waals surface area (Å²) in [4.78, 5) is 12.9. The van der Waals surface area contributed by atoms with Gasteiger partial charge in [-0.3, -0.25) is 4.79 Å². The number of nitrogens with zero attached hydrogens (tertiary/aromatic N) is 3. The summed E-state index contributed by atoms with van der Waals surface area (Å²) >= 11 is 0. The molecule has 5 nitrogen and oxygen atoms in total. The zero-order valence-corrected chi connectivity index (χ0v) is 6.56. The maximum atomic E-state index is 10.4. The average molecular weight is 157 g/mol. The van der Waals surface area contributed by atoms with Crippen LogP contribution in [0, 0.1) is 5.92 Å². The highest BCUT2D eigenvalue weighted by Gasteiger charge is 2.21. The van der Waals surface area contributed by atoms with Gasteiger partial charge >= 0.3 is 5.97 Å². The Kier molecular flexibility index (Phi) is 4.07. The summed E-state index contributed by atoms with van der Waals surface area (Å²) < 4.78 is 0. The Labute approximate surface area is 64.7 Å². The van der Waals surface area contributed by atoms with Crippen molar-refractivity contribution >= 4 is 5.97 Å². The average Bonchev–Trinajstić information content (AvgIpc) is 1.98. The third-order valence-electron chi connectivity index (χ3n) is 1.61. The first kappa shape index (κ1) is 9.78. The van der Waals surface area contributed by atoms with Gasteiger partial charge in [0.1, 0.15) is 6.04 Å². The molecule has 5 heteroatoms. The molecule has 0 saturated carbocycles. The molecule has 0 aliphatic heterocycles. The number of aliphatic carboxylic acids is 1. The Hall–Kier alpha value is -1.22. The van der Waals surface area contributed by atoms with Crippen molar-refractivity contribution in [3.63, 3.8) is 0 Å². The number of carboxylic acids is 1. The van der Waals surface area contributed by atoms with Crippen LogP contribution in [0.1, 0.15) is 20.3 Å². The van der Waals surface area contributed by atoms with Gasteiger partial charge in [-0.1, -0.05) is 25.4 Å². The van der Waals surface area contributed by atoms with E-state index in [1.807, 2.05) is 6.92 Å². The monoisotopic (exact) mass is 157 g/mol. The number of azide groups is 1. The number of carbonyl (C=O) groups is 1. The number of rotatable bonds is 4. The first-order valence-electron chi connectivity index (χ1n) is 3.40. The minimum atomic E-state index is -1.06. The molecule has 0 aromatic carbocycles. The van der Waals surface area contributed by atoms with Crippen molar-refractivity contribution in [2.75, 3.05) is 0 Å². The molecule has 0 spiro atoms. The van der Waals surface area contributed by atoms with Gasteiger partial charge in [-0.05, 0) is 11.4 Å². The fraction of sp³-hybridized carbons (Fsp3) is 0.833. The molecule has 0 heterocycles. The molecule has 0 unspecified atom stereocenters. The predicted molar refractivity (Wildman–Crippen MR) is 40.0 cm³/mol. The topological polar surface area (TPSA) is 86.1 Å². The minimum Gasteiger partial charge on any atom is -0.481 e. The molecule has 0 bridgehead atoms. The van der Waals surface area contributed by atoms with E-state index in [1.54, 1.807) is 6.92 Å². The Bertz CT molecular complexity index is 184. The van der Waals surface area contributed by atoms with E-state index in [2.05, 4.69) is 10.0 Å². The second-order valence-electron chi connectivity index (χ2n) is 2.37. The SMILES string of the molecule is CC[C@@H](C)[C@@H](N=[N+]=[N-])C(=O)O. The maximum absolute atomic E-state index is 10.4. The lowest BCUT2D eigenvalue weighted by atomic mass is 10.0. The number of carboxylic acid groups (broad SMARTS) is 1. The van der Waals surface area contributed by atoms with Crippen LogP contribution in [-0.2, 0) is 4.79 Å². The van der Waals surface area contributed by atoms with E-state index in [9.17, 15) is 4.79 Å². The zero-order valence-electron chi connectivity index (χ0n) is 6.56. The smallest absolute Gasteiger partial charge is 0.312 e. The first-order valence-corrected chi connectivity index (χ1v) is 3.40. The number of hydrogen-bond acceptors (Lipinski definition) is 2. The molecule has 0 fully saturated rings. The fourth-order valence-corrected chi connectivity index (χ4v) is 0.685. The van der Waals surface area contributed by atoms with Crippen LogP contribution in [0.4, 0.5) is 0 Å². The van der Waals surface area contributed by atoms with Crippen LogP contribution < -0.4 is 0 Å². The molecular formula is C6H11N3O2. The van der Waals surface area contributed by atoms with Gasteiger partial charge in [0, 0.05) is 4.91 Å². The highest BCUT2D eigenvalue weighted by atomic mass is 16.4. The van der Waals surface area contributed by atoms with E-state index in [0.29, 0.717) is 6.42 Å². The van der Waals surface area contributed by atoms with Crippen molar-refractivity contribution in [3.05, 3.63) is 10.4 Å². The van der Waals surface area contributed by atoms with Crippen molar-refractivity contribution < 1.29 is 9.90 Å². The first-order chi connectivity index (χ1) is 5.13. The third-order valence-corrected chi connectivity index (χ3v) is 1.61. The lowest BCUT2D eigenvalue weighted by molar-refractivity contribution is -0.139. The van der Waals surface area contributed by atoms with Crippen LogP contribution >= 0.6 is 0 Å². The molecule has 0 radical (unpaired) electrons. The Morgan fingerprint density at radius 1 is 1.82 bits per heavy atom. The normalized spacial score (nSPS) is 14.7. The minimum absolute atomic E-state index is 0.108. The van der Waals surface area contributed by atoms with E-state index in [-0.39, 0.29) is 5.92 Å². The van der Waals surface area contributed by atoms with Gasteiger partial charge in [0.2, 0.25) is 0 Å². The second kappa shape index (κ2) is 4.57. The molecule has 0 aliphatic carbocycles. The predicted octanol–water partition coefficient (Wildman–Crippen LogP) is 1.80. The highest BCUT2D eigenvalue weighted by molar-refractivity contribution is 5.73. The quantitative estimate of drug-likeness (QED) is 0.383. The summed E-state index contributed by atoms with van der Waals surface area (Å²) in [5.74, 6) is -1.17. The van der Waals surface area contributed by atoms with Crippen LogP contribution in [-0.4, -0.2) is 17.1 Å². The van der Waals surface area contributed by atoms with Gasteiger partial charge in [-0.25, -0.2) is 0 Å². The van der Waals surface area contributed by atoms with E-state index < -0.39 is 12.0 Å². The van der Waals surface area contributed by atoms with Crippen molar-refractivity contribution in [3.8, 4) is 0 Å². The van der Waals surface area contributed by atoms with E-state index in [1.165, 1.54) is 0 Å². The Balaban J connectivity index is 4.32. The summed E-state index contributed by atoms with van der Waals surface area (Å²) in [6, 6.07) is -0.926. The molecule has 62 valence electrons. The van der Waals surface area contributed by atoms with Gasteiger partial charge in [0.15, 0.2) is 0 Å². The van der Waals surface area contributed by atoms with E-state index >= 15 is 0 Å². The van der Waals surface area contributed by atoms with Crippen molar-refractivity contribution in [1.29, 1.82) is 0 Å². The van der Waals surface area contributed by atoms with Gasteiger partial charge < -0.3 is 5.11 Å². The van der Waals surface area contributed by atoms with Crippen molar-refractivity contribution in [1.82, 2.24) is 0 Å². The van der Waals surface area contributed by atoms with Gasteiger partial charge in [-0.2, -0.15) is 0 Å². The maximum Gasteiger partial charge on any atom is 0.312 e. The summed E-state index contributed by atoms with van der Waals surface area (Å²) in [6.45, 7) is 3.60. The molecule has 0 rings (SSSR count). The molecule has 1 N–H and O–H groups in total. The summed E-state index contributed by atoms with van der Waals surface area (Å²) in [5, 5.41) is 11.7. The zero-order chi connectivity index (χ0) is 8.85. The molecular weight excluding hydrogens is 146 g/mol. The van der Waals surface area contributed by atoms with Crippen LogP contribution in [0.15, 0.2) is 5.11 Å². The third kappa shape index (κ3) is 2.91. The highest BCUT2D eigenvalue weighted by Crippen LogP contribution is 2.11. The van der Waals surface area contributed by atoms with Gasteiger partial charge in [0.05, 0.1) is 0 Å². The largest absolute Gasteiger partial charge is 0.481 e. The molecule has 0 amide bonds. The molecule has 11 heavy (non-hydrogen) atoms. The molecule has 0 aromatic heterocycles. The van der Waals surface area contributed by atoms with E-state index in [4.69, 9.17) is 10.6 Å². The Morgan fingerprint density at radius 3 is 2.64 bits per heavy atom. The van der Waals surface area contributed by atoms with Crippen LogP contribution in [0.25, 0.3) is 10.4 Å². The fourth-order valence-electron chi connectivity index (χ4n) is 0.685. The molecule has 0 aromatic rings. The van der Waals surface area contributed by atoms with Gasteiger partial charge in [-0.15, -0.1) is 0 Å². The standard InChI is InChI=1S/C6H11N3O2/c1-3-4(2)5(6(10)11)8-9-7/h4-5H,3H2,1-2H3,(H,10,11)/t4-,5-/m1/s1. The molecule has 0 saturated heterocycles. The number of hydrogen-bond donors (Lipinski definition) is 1. The summed E-state index contributed by atoms with van der Waals surface area (Å²) in [6.07, 6.45) is 0.690. The molecule has 0 aliphatic rings. The van der Waals surface area contributed by atoms with Crippen molar-refractivity contribution in [2.45, 2.75) is 26.3 Å². The van der Waals surface area contributed by atoms with Crippen molar-refractivity contribution in [2.24, 2.45) is 11.0 Å². The van der Waals surface area contributed by atoms with Crippen LogP contribution in [0.2, 0.25) is 0 Å². The molecule has 2 atom stereocenters. The van der Waals surface area contributed by atoms with Crippen LogP contribution in [0.5, 0.6) is 0 Å². The van der Waals surface area contributed by atoms with Crippen LogP contribution in [0.3, 0.4) is 0 Å². The van der Waals surface area contributed by atoms with Gasteiger partial charge in [0.25, 0.3) is 0 Å². The summed E-state index contributed by atoms with van der Waals surface area (Å²) in [7, 11) is 0. The lowest BCUT2D eigenvalue weighted by Crippen LogP contribution is -2.24. The Morgan fingerprint density at radius 2 is 2.36 bits per heavy atom. The van der Waals surface area contributed by atoms with E-state index in [0.717, 1.165) is 0 Å².